The average Bonchev–Trinajstić information content (AvgIpc) is 2.81. The Morgan fingerprint density at radius 2 is 2.05 bits per heavy atom. The zero-order valence-electron chi connectivity index (χ0n) is 11.5. The lowest BCUT2D eigenvalue weighted by Gasteiger charge is -2.15. The van der Waals surface area contributed by atoms with Gasteiger partial charge in [0.15, 0.2) is 0 Å². The number of nitrogens with zero attached hydrogens (tertiary/aromatic N) is 3. The first-order valence-electron chi connectivity index (χ1n) is 6.22. The van der Waals surface area contributed by atoms with E-state index in [-0.39, 0.29) is 6.04 Å². The second kappa shape index (κ2) is 5.84. The third-order valence-electron chi connectivity index (χ3n) is 2.81. The van der Waals surface area contributed by atoms with E-state index in [2.05, 4.69) is 27.2 Å². The Hall–Kier alpha value is -1.20. The zero-order chi connectivity index (χ0) is 14.0. The molecule has 0 saturated carbocycles. The highest BCUT2D eigenvalue weighted by molar-refractivity contribution is 7.09. The van der Waals surface area contributed by atoms with Crippen LogP contribution < -0.4 is 5.32 Å². The molecule has 0 saturated heterocycles. The SMILES string of the molecule is CCc1nc(Cl)c(C)c(NC(C)c2nc(C)cs2)n1. The molecule has 2 aromatic heterocycles. The van der Waals surface area contributed by atoms with E-state index in [9.17, 15) is 0 Å². The van der Waals surface area contributed by atoms with Crippen molar-refractivity contribution in [3.05, 3.63) is 32.6 Å². The molecule has 1 N–H and O–H groups in total. The number of aromatic nitrogens is 3. The van der Waals surface area contributed by atoms with Gasteiger partial charge < -0.3 is 5.32 Å². The zero-order valence-corrected chi connectivity index (χ0v) is 13.1. The monoisotopic (exact) mass is 296 g/mol. The van der Waals surface area contributed by atoms with Crippen molar-refractivity contribution in [2.24, 2.45) is 0 Å². The van der Waals surface area contributed by atoms with Crippen LogP contribution in [0, 0.1) is 13.8 Å². The minimum absolute atomic E-state index is 0.105. The van der Waals surface area contributed by atoms with Crippen LogP contribution in [0.2, 0.25) is 5.15 Å². The van der Waals surface area contributed by atoms with Gasteiger partial charge in [0.25, 0.3) is 0 Å². The fourth-order valence-corrected chi connectivity index (χ4v) is 2.66. The molecule has 19 heavy (non-hydrogen) atoms. The quantitative estimate of drug-likeness (QED) is 0.868. The number of hydrogen-bond donors (Lipinski definition) is 1. The van der Waals surface area contributed by atoms with Crippen molar-refractivity contribution in [3.63, 3.8) is 0 Å². The van der Waals surface area contributed by atoms with E-state index in [0.29, 0.717) is 5.15 Å². The maximum absolute atomic E-state index is 6.13. The van der Waals surface area contributed by atoms with Gasteiger partial charge in [-0.25, -0.2) is 15.0 Å². The molecule has 0 bridgehead atoms. The van der Waals surface area contributed by atoms with Crippen LogP contribution in [0.4, 0.5) is 5.82 Å². The first-order chi connectivity index (χ1) is 9.01. The standard InChI is InChI=1S/C13H17ClN4S/c1-5-10-17-11(14)8(3)12(18-10)16-9(4)13-15-7(2)6-19-13/h6,9H,5H2,1-4H3,(H,16,17,18). The second-order valence-corrected chi connectivity index (χ2v) is 5.70. The highest BCUT2D eigenvalue weighted by Gasteiger charge is 2.14. The summed E-state index contributed by atoms with van der Waals surface area (Å²) < 4.78 is 0. The molecule has 4 nitrogen and oxygen atoms in total. The van der Waals surface area contributed by atoms with Crippen molar-refractivity contribution in [3.8, 4) is 0 Å². The van der Waals surface area contributed by atoms with Crippen LogP contribution >= 0.6 is 22.9 Å². The predicted molar refractivity (Wildman–Crippen MR) is 80.0 cm³/mol. The summed E-state index contributed by atoms with van der Waals surface area (Å²) in [5.74, 6) is 1.54. The fourth-order valence-electron chi connectivity index (χ4n) is 1.67. The molecule has 0 aliphatic heterocycles. The third kappa shape index (κ3) is 3.22. The van der Waals surface area contributed by atoms with Gasteiger partial charge in [-0.2, -0.15) is 0 Å². The molecule has 2 aromatic rings. The Balaban J connectivity index is 2.25. The smallest absolute Gasteiger partial charge is 0.137 e. The molecule has 1 unspecified atom stereocenters. The van der Waals surface area contributed by atoms with Crippen LogP contribution in [0.5, 0.6) is 0 Å². The molecule has 0 amide bonds. The number of rotatable bonds is 4. The van der Waals surface area contributed by atoms with Gasteiger partial charge in [0.1, 0.15) is 21.8 Å². The van der Waals surface area contributed by atoms with Crippen molar-refractivity contribution in [2.45, 2.75) is 40.2 Å². The Morgan fingerprint density at radius 3 is 2.63 bits per heavy atom. The minimum Gasteiger partial charge on any atom is -0.361 e. The van der Waals surface area contributed by atoms with E-state index in [0.717, 1.165) is 34.3 Å². The van der Waals surface area contributed by atoms with Crippen LogP contribution in [0.25, 0.3) is 0 Å². The molecule has 0 aliphatic rings. The van der Waals surface area contributed by atoms with Gasteiger partial charge in [0.2, 0.25) is 0 Å². The topological polar surface area (TPSA) is 50.7 Å². The van der Waals surface area contributed by atoms with Crippen LogP contribution in [-0.2, 0) is 6.42 Å². The van der Waals surface area contributed by atoms with Crippen molar-refractivity contribution < 1.29 is 0 Å². The van der Waals surface area contributed by atoms with E-state index < -0.39 is 0 Å². The summed E-state index contributed by atoms with van der Waals surface area (Å²) in [6.07, 6.45) is 0.763. The summed E-state index contributed by atoms with van der Waals surface area (Å²) in [7, 11) is 0. The Bertz CT molecular complexity index is 582. The van der Waals surface area contributed by atoms with E-state index in [1.54, 1.807) is 11.3 Å². The molecule has 0 spiro atoms. The minimum atomic E-state index is 0.105. The second-order valence-electron chi connectivity index (χ2n) is 4.45. The maximum atomic E-state index is 6.13. The van der Waals surface area contributed by atoms with Crippen LogP contribution in [0.15, 0.2) is 5.38 Å². The van der Waals surface area contributed by atoms with Crippen LogP contribution in [0.1, 0.15) is 42.0 Å². The first-order valence-corrected chi connectivity index (χ1v) is 7.48. The Kier molecular flexibility index (Phi) is 4.37. The molecular weight excluding hydrogens is 280 g/mol. The third-order valence-corrected chi connectivity index (χ3v) is 4.32. The van der Waals surface area contributed by atoms with E-state index in [1.807, 2.05) is 26.2 Å². The predicted octanol–water partition coefficient (Wildman–Crippen LogP) is 3.94. The van der Waals surface area contributed by atoms with Gasteiger partial charge in [0, 0.05) is 23.1 Å². The fraction of sp³-hybridized carbons (Fsp3) is 0.462. The molecular formula is C13H17ClN4S. The van der Waals surface area contributed by atoms with E-state index >= 15 is 0 Å². The van der Waals surface area contributed by atoms with Gasteiger partial charge >= 0.3 is 0 Å². The summed E-state index contributed by atoms with van der Waals surface area (Å²) >= 11 is 7.77. The van der Waals surface area contributed by atoms with Gasteiger partial charge in [-0.15, -0.1) is 11.3 Å². The number of aryl methyl sites for hydroxylation is 2. The lowest BCUT2D eigenvalue weighted by atomic mass is 10.3. The lowest BCUT2D eigenvalue weighted by molar-refractivity contribution is 0.838. The molecule has 1 atom stereocenters. The number of hydrogen-bond acceptors (Lipinski definition) is 5. The van der Waals surface area contributed by atoms with Crippen LogP contribution in [-0.4, -0.2) is 15.0 Å². The number of nitrogens with one attached hydrogen (secondary N) is 1. The highest BCUT2D eigenvalue weighted by atomic mass is 35.5. The van der Waals surface area contributed by atoms with Gasteiger partial charge in [0.05, 0.1) is 6.04 Å². The molecule has 0 radical (unpaired) electrons. The largest absolute Gasteiger partial charge is 0.361 e. The van der Waals surface area contributed by atoms with E-state index in [1.165, 1.54) is 0 Å². The normalized spacial score (nSPS) is 12.5. The summed E-state index contributed by atoms with van der Waals surface area (Å²) in [5, 5.41) is 6.97. The molecule has 2 rings (SSSR count). The molecule has 102 valence electrons. The molecule has 2 heterocycles. The number of thiazole rings is 1. The van der Waals surface area contributed by atoms with Gasteiger partial charge in [-0.3, -0.25) is 0 Å². The summed E-state index contributed by atoms with van der Waals surface area (Å²) in [6.45, 7) is 8.00. The average molecular weight is 297 g/mol. The summed E-state index contributed by atoms with van der Waals surface area (Å²) in [5.41, 5.74) is 1.92. The highest BCUT2D eigenvalue weighted by Crippen LogP contribution is 2.26. The van der Waals surface area contributed by atoms with Crippen molar-refractivity contribution in [1.82, 2.24) is 15.0 Å². The van der Waals surface area contributed by atoms with Crippen molar-refractivity contribution >= 4 is 28.8 Å². The number of halogens is 1. The van der Waals surface area contributed by atoms with E-state index in [4.69, 9.17) is 11.6 Å². The summed E-state index contributed by atoms with van der Waals surface area (Å²) in [4.78, 5) is 13.2. The Labute approximate surface area is 122 Å². The lowest BCUT2D eigenvalue weighted by Crippen LogP contribution is -2.11. The summed E-state index contributed by atoms with van der Waals surface area (Å²) in [6, 6.07) is 0.105. The van der Waals surface area contributed by atoms with Crippen molar-refractivity contribution in [2.75, 3.05) is 5.32 Å². The Morgan fingerprint density at radius 1 is 1.32 bits per heavy atom. The number of anilines is 1. The molecule has 0 aromatic carbocycles. The van der Waals surface area contributed by atoms with Crippen molar-refractivity contribution in [1.29, 1.82) is 0 Å². The van der Waals surface area contributed by atoms with Gasteiger partial charge in [-0.1, -0.05) is 18.5 Å². The first kappa shape index (κ1) is 14.2. The molecule has 0 aliphatic carbocycles. The molecule has 6 heteroatoms. The maximum Gasteiger partial charge on any atom is 0.137 e. The molecule has 0 fully saturated rings. The van der Waals surface area contributed by atoms with Crippen LogP contribution in [0.3, 0.4) is 0 Å². The van der Waals surface area contributed by atoms with Gasteiger partial charge in [-0.05, 0) is 20.8 Å².